The van der Waals surface area contributed by atoms with E-state index < -0.39 is 0 Å². The number of fused-ring (bicyclic) bond motifs is 7. The average Bonchev–Trinajstić information content (AvgIpc) is 3.84. The molecule has 4 heteroatoms. The largest absolute Gasteiger partial charge is 0.436 e. The lowest BCUT2D eigenvalue weighted by Crippen LogP contribution is -2.30. The number of hydrogen-bond donors (Lipinski definition) is 0. The molecule has 55 heavy (non-hydrogen) atoms. The lowest BCUT2D eigenvalue weighted by atomic mass is 9.94. The molecule has 0 N–H and O–H groups in total. The van der Waals surface area contributed by atoms with Crippen LogP contribution in [0.1, 0.15) is 12.0 Å². The lowest BCUT2D eigenvalue weighted by Gasteiger charge is -2.33. The second-order valence-corrected chi connectivity index (χ2v) is 14.3. The zero-order valence-corrected chi connectivity index (χ0v) is 30.0. The molecule has 0 saturated carbocycles. The molecule has 0 bridgehead atoms. The van der Waals surface area contributed by atoms with E-state index >= 15 is 0 Å². The minimum absolute atomic E-state index is 0.0991. The third kappa shape index (κ3) is 5.33. The fourth-order valence-electron chi connectivity index (χ4n) is 8.44. The summed E-state index contributed by atoms with van der Waals surface area (Å²) < 4.78 is 8.62. The van der Waals surface area contributed by atoms with Crippen LogP contribution >= 0.6 is 0 Å². The topological polar surface area (TPSA) is 34.2 Å². The molecule has 2 aromatic heterocycles. The number of aromatic nitrogens is 2. The second-order valence-electron chi connectivity index (χ2n) is 14.3. The molecular weight excluding hydrogens is 671 g/mol. The minimum Gasteiger partial charge on any atom is -0.436 e. The fraction of sp³-hybridized carbons (Fsp3) is 0.0392. The van der Waals surface area contributed by atoms with Crippen LogP contribution in [-0.2, 0) is 0 Å². The van der Waals surface area contributed by atoms with Gasteiger partial charge in [-0.1, -0.05) is 115 Å². The first-order valence-electron chi connectivity index (χ1n) is 18.9. The van der Waals surface area contributed by atoms with Crippen LogP contribution in [0.25, 0.3) is 77.2 Å². The number of hydrogen-bond acceptors (Lipinski definition) is 3. The summed E-state index contributed by atoms with van der Waals surface area (Å²) in [6.07, 6.45) is 7.94. The van der Waals surface area contributed by atoms with Gasteiger partial charge in [-0.3, -0.25) is 0 Å². The molecule has 0 saturated heterocycles. The molecule has 0 aliphatic heterocycles. The van der Waals surface area contributed by atoms with Crippen molar-refractivity contribution in [1.29, 1.82) is 0 Å². The fourth-order valence-corrected chi connectivity index (χ4v) is 8.44. The van der Waals surface area contributed by atoms with Crippen LogP contribution in [0.2, 0.25) is 0 Å². The molecule has 8 aromatic carbocycles. The van der Waals surface area contributed by atoms with Gasteiger partial charge >= 0.3 is 0 Å². The summed E-state index contributed by atoms with van der Waals surface area (Å²) in [5.74, 6) is 0.637. The van der Waals surface area contributed by atoms with Crippen LogP contribution < -0.4 is 4.90 Å². The third-order valence-electron chi connectivity index (χ3n) is 11.1. The molecule has 1 unspecified atom stereocenters. The number of rotatable bonds is 6. The van der Waals surface area contributed by atoms with Crippen LogP contribution in [-0.4, -0.2) is 15.6 Å². The van der Waals surface area contributed by atoms with E-state index in [1.54, 1.807) is 0 Å². The Kier molecular flexibility index (Phi) is 7.27. The van der Waals surface area contributed by atoms with E-state index in [0.29, 0.717) is 5.89 Å². The summed E-state index contributed by atoms with van der Waals surface area (Å²) in [7, 11) is 0. The van der Waals surface area contributed by atoms with Gasteiger partial charge in [0.15, 0.2) is 5.58 Å². The molecule has 10 aromatic rings. The number of nitrogens with zero attached hydrogens (tertiary/aromatic N) is 3. The Morgan fingerprint density at radius 3 is 2.13 bits per heavy atom. The molecule has 11 rings (SSSR count). The Hall–Kier alpha value is -7.17. The normalized spacial score (nSPS) is 14.3. The molecule has 1 atom stereocenters. The average molecular weight is 706 g/mol. The molecule has 0 radical (unpaired) electrons. The highest BCUT2D eigenvalue weighted by Gasteiger charge is 2.23. The van der Waals surface area contributed by atoms with Gasteiger partial charge in [0.05, 0.1) is 17.1 Å². The molecular formula is C51H35N3O. The summed E-state index contributed by atoms with van der Waals surface area (Å²) in [5, 5.41) is 7.18. The highest BCUT2D eigenvalue weighted by molar-refractivity contribution is 6.11. The monoisotopic (exact) mass is 705 g/mol. The number of oxazole rings is 1. The van der Waals surface area contributed by atoms with Gasteiger partial charge in [0.25, 0.3) is 0 Å². The van der Waals surface area contributed by atoms with Crippen LogP contribution in [0.5, 0.6) is 0 Å². The third-order valence-corrected chi connectivity index (χ3v) is 11.1. The van der Waals surface area contributed by atoms with Crippen LogP contribution in [0.3, 0.4) is 0 Å². The Balaban J connectivity index is 1.04. The summed E-state index contributed by atoms with van der Waals surface area (Å²) in [4.78, 5) is 7.48. The van der Waals surface area contributed by atoms with Crippen molar-refractivity contribution in [3.05, 3.63) is 200 Å². The first kappa shape index (κ1) is 31.4. The van der Waals surface area contributed by atoms with Gasteiger partial charge in [0.2, 0.25) is 5.89 Å². The van der Waals surface area contributed by atoms with Crippen molar-refractivity contribution in [2.75, 3.05) is 4.90 Å². The van der Waals surface area contributed by atoms with E-state index in [1.807, 2.05) is 30.3 Å². The quantitative estimate of drug-likeness (QED) is 0.173. The molecule has 1 aliphatic rings. The van der Waals surface area contributed by atoms with Crippen molar-refractivity contribution in [1.82, 2.24) is 9.55 Å². The van der Waals surface area contributed by atoms with Crippen LogP contribution in [0.4, 0.5) is 11.4 Å². The van der Waals surface area contributed by atoms with Gasteiger partial charge in [-0.15, -0.1) is 0 Å². The molecule has 0 spiro atoms. The maximum Gasteiger partial charge on any atom is 0.227 e. The highest BCUT2D eigenvalue weighted by Crippen LogP contribution is 2.40. The van der Waals surface area contributed by atoms with Crippen LogP contribution in [0.15, 0.2) is 199 Å². The first-order chi connectivity index (χ1) is 27.2. The minimum atomic E-state index is 0.0991. The summed E-state index contributed by atoms with van der Waals surface area (Å²) in [5.41, 5.74) is 11.0. The van der Waals surface area contributed by atoms with Crippen LogP contribution in [0, 0.1) is 0 Å². The molecule has 4 nitrogen and oxygen atoms in total. The molecule has 0 fully saturated rings. The van der Waals surface area contributed by atoms with Crippen molar-refractivity contribution in [3.63, 3.8) is 0 Å². The summed E-state index contributed by atoms with van der Waals surface area (Å²) >= 11 is 0. The van der Waals surface area contributed by atoms with E-state index in [2.05, 4.69) is 173 Å². The Morgan fingerprint density at radius 1 is 0.545 bits per heavy atom. The van der Waals surface area contributed by atoms with Gasteiger partial charge in [0, 0.05) is 38.8 Å². The number of para-hydroxylation sites is 2. The standard InChI is InChI=1S/C51H35N3O/c1-3-12-36(13-4-1)51-52-50-44-28-26-42(32-39(44)23-30-49(50)55-51)53(41-24-21-35(22-25-41)38-20-19-34-11-7-8-14-37(34)31-38)43-27-29-48-46(33-43)45-17-9-10-18-47(45)54(48)40-15-5-2-6-16-40/h1-24,26-33,41H,25H2. The molecule has 1 aliphatic carbocycles. The van der Waals surface area contributed by atoms with Crippen molar-refractivity contribution >= 4 is 71.4 Å². The lowest BCUT2D eigenvalue weighted by molar-refractivity contribution is 0.620. The highest BCUT2D eigenvalue weighted by atomic mass is 16.3. The second kappa shape index (κ2) is 12.8. The first-order valence-corrected chi connectivity index (χ1v) is 18.9. The summed E-state index contributed by atoms with van der Waals surface area (Å²) in [6, 6.07) is 62.9. The van der Waals surface area contributed by atoms with E-state index in [4.69, 9.17) is 9.40 Å². The molecule has 260 valence electrons. The summed E-state index contributed by atoms with van der Waals surface area (Å²) in [6.45, 7) is 0. The zero-order valence-electron chi connectivity index (χ0n) is 30.0. The maximum absolute atomic E-state index is 6.25. The number of benzene rings is 8. The Labute approximate surface area is 318 Å². The van der Waals surface area contributed by atoms with Crippen molar-refractivity contribution < 1.29 is 4.42 Å². The van der Waals surface area contributed by atoms with E-state index in [9.17, 15) is 0 Å². The van der Waals surface area contributed by atoms with Gasteiger partial charge < -0.3 is 13.9 Å². The Morgan fingerprint density at radius 2 is 1.27 bits per heavy atom. The predicted molar refractivity (Wildman–Crippen MR) is 229 cm³/mol. The van der Waals surface area contributed by atoms with E-state index in [0.717, 1.165) is 50.9 Å². The zero-order chi connectivity index (χ0) is 36.3. The SMILES string of the molecule is C1=CC(N(c2ccc3c(ccc4oc(-c5ccccc5)nc43)c2)c2ccc3c(c2)c2ccccc2n3-c2ccccc2)CC=C1c1ccc2ccccc2c1. The van der Waals surface area contributed by atoms with Crippen molar-refractivity contribution in [2.24, 2.45) is 0 Å². The number of allylic oxidation sites excluding steroid dienone is 2. The van der Waals surface area contributed by atoms with Gasteiger partial charge in [0.1, 0.15) is 5.52 Å². The molecule has 2 heterocycles. The van der Waals surface area contributed by atoms with Gasteiger partial charge in [-0.25, -0.2) is 4.98 Å². The van der Waals surface area contributed by atoms with Gasteiger partial charge in [-0.05, 0) is 113 Å². The van der Waals surface area contributed by atoms with Crippen molar-refractivity contribution in [2.45, 2.75) is 12.5 Å². The number of anilines is 2. The Bertz CT molecular complexity index is 3130. The van der Waals surface area contributed by atoms with Crippen molar-refractivity contribution in [3.8, 4) is 17.1 Å². The van der Waals surface area contributed by atoms with E-state index in [-0.39, 0.29) is 6.04 Å². The molecule has 0 amide bonds. The van der Waals surface area contributed by atoms with Gasteiger partial charge in [-0.2, -0.15) is 0 Å². The maximum atomic E-state index is 6.25. The smallest absolute Gasteiger partial charge is 0.227 e. The predicted octanol–water partition coefficient (Wildman–Crippen LogP) is 13.4. The van der Waals surface area contributed by atoms with E-state index in [1.165, 1.54) is 43.7 Å².